The molecule has 5 heteroatoms. The van der Waals surface area contributed by atoms with Crippen molar-refractivity contribution in [1.82, 2.24) is 15.0 Å². The summed E-state index contributed by atoms with van der Waals surface area (Å²) in [6, 6.07) is 20.2. The molecular weight excluding hydrogens is 322 g/mol. The van der Waals surface area contributed by atoms with E-state index in [4.69, 9.17) is 0 Å². The summed E-state index contributed by atoms with van der Waals surface area (Å²) < 4.78 is 0. The van der Waals surface area contributed by atoms with Crippen LogP contribution in [0.3, 0.4) is 0 Å². The van der Waals surface area contributed by atoms with Crippen LogP contribution in [0.4, 0.5) is 23.0 Å². The fourth-order valence-electron chi connectivity index (χ4n) is 2.81. The van der Waals surface area contributed by atoms with Crippen molar-refractivity contribution in [3.8, 4) is 0 Å². The third kappa shape index (κ3) is 3.47. The number of fused-ring (bicyclic) bond motifs is 1. The number of pyridine rings is 1. The van der Waals surface area contributed by atoms with Gasteiger partial charge in [-0.1, -0.05) is 37.3 Å². The van der Waals surface area contributed by atoms with Crippen molar-refractivity contribution in [3.05, 3.63) is 78.8 Å². The minimum absolute atomic E-state index is 0.714. The van der Waals surface area contributed by atoms with Gasteiger partial charge in [0.25, 0.3) is 0 Å². The second kappa shape index (κ2) is 7.19. The lowest BCUT2D eigenvalue weighted by Gasteiger charge is -2.10. The first kappa shape index (κ1) is 16.0. The van der Waals surface area contributed by atoms with Gasteiger partial charge in [0.2, 0.25) is 0 Å². The second-order valence-electron chi connectivity index (χ2n) is 5.97. The average molecular weight is 341 g/mol. The normalized spacial score (nSPS) is 10.7. The number of hydrogen-bond acceptors (Lipinski definition) is 5. The van der Waals surface area contributed by atoms with Gasteiger partial charge in [-0.3, -0.25) is 4.98 Å². The number of para-hydroxylation sites is 1. The predicted octanol–water partition coefficient (Wildman–Crippen LogP) is 5.07. The van der Waals surface area contributed by atoms with E-state index in [2.05, 4.69) is 56.8 Å². The summed E-state index contributed by atoms with van der Waals surface area (Å²) >= 11 is 0. The lowest BCUT2D eigenvalue weighted by Crippen LogP contribution is -1.99. The van der Waals surface area contributed by atoms with Crippen LogP contribution in [0.5, 0.6) is 0 Å². The molecule has 5 nitrogen and oxygen atoms in total. The predicted molar refractivity (Wildman–Crippen MR) is 106 cm³/mol. The highest BCUT2D eigenvalue weighted by Crippen LogP contribution is 2.25. The molecule has 0 radical (unpaired) electrons. The summed E-state index contributed by atoms with van der Waals surface area (Å²) in [5.41, 5.74) is 4.14. The van der Waals surface area contributed by atoms with Crippen molar-refractivity contribution in [2.45, 2.75) is 13.3 Å². The number of aromatic nitrogens is 3. The van der Waals surface area contributed by atoms with E-state index >= 15 is 0 Å². The van der Waals surface area contributed by atoms with E-state index in [1.165, 1.54) is 5.56 Å². The molecule has 2 N–H and O–H groups in total. The topological polar surface area (TPSA) is 62.7 Å². The van der Waals surface area contributed by atoms with Gasteiger partial charge in [-0.25, -0.2) is 9.97 Å². The summed E-state index contributed by atoms with van der Waals surface area (Å²) in [7, 11) is 0. The Labute approximate surface area is 152 Å². The molecule has 0 unspecified atom stereocenters. The lowest BCUT2D eigenvalue weighted by molar-refractivity contribution is 1.14. The van der Waals surface area contributed by atoms with Crippen molar-refractivity contribution in [2.75, 3.05) is 10.6 Å². The minimum atomic E-state index is 0.714. The first-order chi connectivity index (χ1) is 12.8. The zero-order chi connectivity index (χ0) is 17.8. The highest BCUT2D eigenvalue weighted by Gasteiger charge is 2.04. The van der Waals surface area contributed by atoms with Gasteiger partial charge in [0.05, 0.1) is 11.2 Å². The summed E-state index contributed by atoms with van der Waals surface area (Å²) in [5, 5.41) is 7.73. The van der Waals surface area contributed by atoms with Crippen LogP contribution in [0.1, 0.15) is 12.5 Å². The molecule has 128 valence electrons. The minimum Gasteiger partial charge on any atom is -0.340 e. The van der Waals surface area contributed by atoms with Crippen molar-refractivity contribution in [1.29, 1.82) is 0 Å². The molecule has 0 saturated carbocycles. The van der Waals surface area contributed by atoms with Gasteiger partial charge in [-0.2, -0.15) is 0 Å². The Morgan fingerprint density at radius 3 is 2.38 bits per heavy atom. The summed E-state index contributed by atoms with van der Waals surface area (Å²) in [6.45, 7) is 2.15. The zero-order valence-electron chi connectivity index (χ0n) is 14.5. The Bertz CT molecular complexity index is 1020. The lowest BCUT2D eigenvalue weighted by atomic mass is 10.1. The maximum absolute atomic E-state index is 4.46. The van der Waals surface area contributed by atoms with Gasteiger partial charge in [0, 0.05) is 23.3 Å². The molecule has 2 heterocycles. The summed E-state index contributed by atoms with van der Waals surface area (Å²) in [6.07, 6.45) is 4.37. The molecule has 0 aliphatic carbocycles. The Kier molecular flexibility index (Phi) is 4.43. The van der Waals surface area contributed by atoms with E-state index < -0.39 is 0 Å². The summed E-state index contributed by atoms with van der Waals surface area (Å²) in [4.78, 5) is 13.1. The third-order valence-corrected chi connectivity index (χ3v) is 4.20. The molecule has 0 spiro atoms. The molecule has 2 aromatic carbocycles. The number of nitrogens with one attached hydrogen (secondary N) is 2. The number of nitrogens with zero attached hydrogens (tertiary/aromatic N) is 3. The standard InChI is InChI=1S/C21H19N5/c1-2-15-8-10-17(11-9-15)25-19-13-20(24-14-23-19)26-18-7-3-5-16-6-4-12-22-21(16)18/h3-14H,2H2,1H3,(H2,23,24,25,26). The van der Waals surface area contributed by atoms with Crippen LogP contribution < -0.4 is 10.6 Å². The second-order valence-corrected chi connectivity index (χ2v) is 5.97. The number of hydrogen-bond donors (Lipinski definition) is 2. The highest BCUT2D eigenvalue weighted by molar-refractivity contribution is 5.91. The molecule has 2 aromatic heterocycles. The molecule has 0 aliphatic heterocycles. The molecule has 0 atom stereocenters. The Morgan fingerprint density at radius 2 is 1.58 bits per heavy atom. The van der Waals surface area contributed by atoms with Gasteiger partial charge in [-0.15, -0.1) is 0 Å². The molecule has 4 rings (SSSR count). The van der Waals surface area contributed by atoms with Crippen LogP contribution in [-0.4, -0.2) is 15.0 Å². The monoisotopic (exact) mass is 341 g/mol. The maximum atomic E-state index is 4.46. The van der Waals surface area contributed by atoms with E-state index in [-0.39, 0.29) is 0 Å². The van der Waals surface area contributed by atoms with Crippen LogP contribution in [0.25, 0.3) is 10.9 Å². The highest BCUT2D eigenvalue weighted by atomic mass is 15.1. The molecule has 0 saturated heterocycles. The summed E-state index contributed by atoms with van der Waals surface area (Å²) in [5.74, 6) is 1.45. The molecule has 0 bridgehead atoms. The van der Waals surface area contributed by atoms with E-state index in [9.17, 15) is 0 Å². The van der Waals surface area contributed by atoms with Crippen molar-refractivity contribution >= 4 is 33.9 Å². The van der Waals surface area contributed by atoms with Crippen molar-refractivity contribution in [2.24, 2.45) is 0 Å². The molecule has 26 heavy (non-hydrogen) atoms. The van der Waals surface area contributed by atoms with Gasteiger partial charge >= 0.3 is 0 Å². The van der Waals surface area contributed by atoms with E-state index in [0.717, 1.165) is 34.5 Å². The number of aryl methyl sites for hydroxylation is 1. The van der Waals surface area contributed by atoms with E-state index in [0.29, 0.717) is 5.82 Å². The van der Waals surface area contributed by atoms with Gasteiger partial charge < -0.3 is 10.6 Å². The molecular formula is C21H19N5. The van der Waals surface area contributed by atoms with E-state index in [1.54, 1.807) is 12.5 Å². The smallest absolute Gasteiger partial charge is 0.135 e. The third-order valence-electron chi connectivity index (χ3n) is 4.20. The number of rotatable bonds is 5. The van der Waals surface area contributed by atoms with Crippen molar-refractivity contribution in [3.63, 3.8) is 0 Å². The number of benzene rings is 2. The van der Waals surface area contributed by atoms with Gasteiger partial charge in [0.1, 0.15) is 18.0 Å². The Hall–Kier alpha value is -3.47. The van der Waals surface area contributed by atoms with Gasteiger partial charge in [-0.05, 0) is 36.2 Å². The SMILES string of the molecule is CCc1ccc(Nc2cc(Nc3cccc4cccnc34)ncn2)cc1. The Morgan fingerprint density at radius 1 is 0.808 bits per heavy atom. The van der Waals surface area contributed by atoms with Crippen LogP contribution in [0.2, 0.25) is 0 Å². The fourth-order valence-corrected chi connectivity index (χ4v) is 2.81. The molecule has 4 aromatic rings. The quantitative estimate of drug-likeness (QED) is 0.530. The first-order valence-electron chi connectivity index (χ1n) is 8.60. The Balaban J connectivity index is 1.57. The zero-order valence-corrected chi connectivity index (χ0v) is 14.5. The maximum Gasteiger partial charge on any atom is 0.135 e. The van der Waals surface area contributed by atoms with Crippen LogP contribution in [-0.2, 0) is 6.42 Å². The largest absolute Gasteiger partial charge is 0.340 e. The molecule has 0 amide bonds. The van der Waals surface area contributed by atoms with E-state index in [1.807, 2.05) is 36.4 Å². The van der Waals surface area contributed by atoms with Crippen LogP contribution in [0, 0.1) is 0 Å². The first-order valence-corrected chi connectivity index (χ1v) is 8.60. The van der Waals surface area contributed by atoms with Crippen LogP contribution in [0.15, 0.2) is 73.2 Å². The van der Waals surface area contributed by atoms with Crippen molar-refractivity contribution < 1.29 is 0 Å². The molecule has 0 fully saturated rings. The van der Waals surface area contributed by atoms with Crippen LogP contribution >= 0.6 is 0 Å². The number of anilines is 4. The fraction of sp³-hybridized carbons (Fsp3) is 0.0952. The molecule has 0 aliphatic rings. The van der Waals surface area contributed by atoms with Gasteiger partial charge in [0.15, 0.2) is 0 Å². The average Bonchev–Trinajstić information content (AvgIpc) is 2.69.